The Morgan fingerprint density at radius 1 is 1.09 bits per heavy atom. The van der Waals surface area contributed by atoms with Crippen molar-refractivity contribution in [3.8, 4) is 5.75 Å². The number of benzene rings is 2. The van der Waals surface area contributed by atoms with Crippen molar-refractivity contribution in [2.75, 3.05) is 12.4 Å². The van der Waals surface area contributed by atoms with Gasteiger partial charge in [0.25, 0.3) is 5.91 Å². The maximum Gasteiger partial charge on any atom is 0.256 e. The van der Waals surface area contributed by atoms with Crippen LogP contribution in [0.5, 0.6) is 5.75 Å². The third-order valence-corrected chi connectivity index (χ3v) is 4.05. The van der Waals surface area contributed by atoms with E-state index in [1.54, 1.807) is 7.11 Å². The first-order valence-corrected chi connectivity index (χ1v) is 7.71. The summed E-state index contributed by atoms with van der Waals surface area (Å²) in [4.78, 5) is 12.2. The maximum atomic E-state index is 12.2. The van der Waals surface area contributed by atoms with E-state index in [9.17, 15) is 4.79 Å². The van der Waals surface area contributed by atoms with E-state index < -0.39 is 0 Å². The highest BCUT2D eigenvalue weighted by atomic mass is 16.5. The zero-order valence-electron chi connectivity index (χ0n) is 13.9. The van der Waals surface area contributed by atoms with Gasteiger partial charge in [-0.2, -0.15) is 0 Å². The molecule has 1 aliphatic heterocycles. The van der Waals surface area contributed by atoms with Crippen molar-refractivity contribution < 1.29 is 9.53 Å². The molecule has 0 fully saturated rings. The summed E-state index contributed by atoms with van der Waals surface area (Å²) in [6.07, 6.45) is 1.94. The normalized spacial score (nSPS) is 15.5. The second-order valence-electron chi connectivity index (χ2n) is 6.77. The largest absolute Gasteiger partial charge is 0.496 e. The highest BCUT2D eigenvalue weighted by molar-refractivity contribution is 6.34. The summed E-state index contributed by atoms with van der Waals surface area (Å²) in [5.41, 5.74) is 4.61. The number of hydrogen-bond acceptors (Lipinski definition) is 2. The molecule has 1 amide bonds. The van der Waals surface area contributed by atoms with Gasteiger partial charge in [-0.15, -0.1) is 0 Å². The van der Waals surface area contributed by atoms with Gasteiger partial charge in [-0.1, -0.05) is 45.0 Å². The van der Waals surface area contributed by atoms with Crippen LogP contribution in [0.2, 0.25) is 0 Å². The topological polar surface area (TPSA) is 38.3 Å². The van der Waals surface area contributed by atoms with E-state index >= 15 is 0 Å². The van der Waals surface area contributed by atoms with Crippen LogP contribution in [0.15, 0.2) is 42.5 Å². The van der Waals surface area contributed by atoms with E-state index in [0.717, 1.165) is 28.1 Å². The Balaban J connectivity index is 2.09. The first-order valence-electron chi connectivity index (χ1n) is 7.71. The van der Waals surface area contributed by atoms with Crippen LogP contribution in [0.4, 0.5) is 5.69 Å². The molecule has 0 unspecified atom stereocenters. The zero-order valence-corrected chi connectivity index (χ0v) is 13.9. The third kappa shape index (κ3) is 2.87. The molecule has 0 saturated carbocycles. The molecule has 1 aliphatic rings. The van der Waals surface area contributed by atoms with E-state index in [1.165, 1.54) is 0 Å². The van der Waals surface area contributed by atoms with E-state index in [4.69, 9.17) is 4.74 Å². The monoisotopic (exact) mass is 307 g/mol. The highest BCUT2D eigenvalue weighted by Gasteiger charge is 2.24. The Morgan fingerprint density at radius 3 is 2.52 bits per heavy atom. The number of hydrogen-bond donors (Lipinski definition) is 1. The van der Waals surface area contributed by atoms with Gasteiger partial charge in [0.2, 0.25) is 0 Å². The Kier molecular flexibility index (Phi) is 3.72. The summed E-state index contributed by atoms with van der Waals surface area (Å²) in [6.45, 7) is 6.46. The molecule has 3 rings (SSSR count). The highest BCUT2D eigenvalue weighted by Crippen LogP contribution is 2.35. The molecule has 0 atom stereocenters. The number of rotatable bonds is 2. The molecule has 2 aromatic rings. The average molecular weight is 307 g/mol. The maximum absolute atomic E-state index is 12.2. The van der Waals surface area contributed by atoms with Crippen LogP contribution in [0.25, 0.3) is 11.6 Å². The second-order valence-corrected chi connectivity index (χ2v) is 6.77. The Hall–Kier alpha value is -2.55. The lowest BCUT2D eigenvalue weighted by atomic mass is 9.85. The fourth-order valence-electron chi connectivity index (χ4n) is 2.85. The molecule has 2 aromatic carbocycles. The first-order chi connectivity index (χ1) is 10.9. The minimum Gasteiger partial charge on any atom is -0.496 e. The van der Waals surface area contributed by atoms with E-state index in [2.05, 4.69) is 32.2 Å². The summed E-state index contributed by atoms with van der Waals surface area (Å²) in [7, 11) is 1.68. The van der Waals surface area contributed by atoms with Gasteiger partial charge in [-0.25, -0.2) is 0 Å². The Bertz CT molecular complexity index is 798. The van der Waals surface area contributed by atoms with Crippen LogP contribution in [0.1, 0.15) is 37.5 Å². The van der Waals surface area contributed by atoms with Gasteiger partial charge in [-0.05, 0) is 35.3 Å². The van der Waals surface area contributed by atoms with Crippen LogP contribution in [0.3, 0.4) is 0 Å². The van der Waals surface area contributed by atoms with Crippen molar-refractivity contribution in [1.82, 2.24) is 0 Å². The smallest absolute Gasteiger partial charge is 0.256 e. The molecule has 0 spiro atoms. The number of anilines is 1. The van der Waals surface area contributed by atoms with Gasteiger partial charge in [0.1, 0.15) is 5.75 Å². The van der Waals surface area contributed by atoms with E-state index in [0.29, 0.717) is 5.57 Å². The number of methoxy groups -OCH3 is 1. The number of para-hydroxylation sites is 1. The van der Waals surface area contributed by atoms with Crippen molar-refractivity contribution in [3.63, 3.8) is 0 Å². The number of carbonyl (C=O) groups excluding carboxylic acids is 1. The predicted octanol–water partition coefficient (Wildman–Crippen LogP) is 4.49. The molecular weight excluding hydrogens is 286 g/mol. The van der Waals surface area contributed by atoms with Crippen LogP contribution >= 0.6 is 0 Å². The molecule has 23 heavy (non-hydrogen) atoms. The lowest BCUT2D eigenvalue weighted by Crippen LogP contribution is -2.13. The molecule has 118 valence electrons. The molecule has 3 nitrogen and oxygen atoms in total. The molecule has 1 N–H and O–H groups in total. The van der Waals surface area contributed by atoms with Crippen LogP contribution in [0, 0.1) is 0 Å². The van der Waals surface area contributed by atoms with Crippen molar-refractivity contribution in [2.45, 2.75) is 26.2 Å². The lowest BCUT2D eigenvalue weighted by molar-refractivity contribution is -0.110. The van der Waals surface area contributed by atoms with Crippen LogP contribution in [-0.2, 0) is 10.2 Å². The standard InChI is InChI=1S/C20H21NO2/c1-20(2,3)16-12-13(9-10-18(16)23-4)11-15-14-7-5-6-8-17(14)21-19(15)22/h5-12H,1-4H3,(H,21,22)/b15-11+. The third-order valence-electron chi connectivity index (χ3n) is 4.05. The molecule has 3 heteroatoms. The molecule has 1 heterocycles. The quantitative estimate of drug-likeness (QED) is 0.830. The minimum atomic E-state index is -0.0562. The van der Waals surface area contributed by atoms with Gasteiger partial charge in [0.05, 0.1) is 7.11 Å². The van der Waals surface area contributed by atoms with Gasteiger partial charge < -0.3 is 10.1 Å². The SMILES string of the molecule is COc1ccc(/C=C2/C(=O)Nc3ccccc32)cc1C(C)(C)C. The number of carbonyl (C=O) groups is 1. The average Bonchev–Trinajstić information content (AvgIpc) is 2.82. The molecule has 0 aliphatic carbocycles. The van der Waals surface area contributed by atoms with Gasteiger partial charge in [-0.3, -0.25) is 4.79 Å². The molecule has 0 saturated heterocycles. The fourth-order valence-corrected chi connectivity index (χ4v) is 2.85. The molecule has 0 bridgehead atoms. The first kappa shape index (κ1) is 15.3. The molecule has 0 radical (unpaired) electrons. The van der Waals surface area contributed by atoms with Crippen molar-refractivity contribution in [2.24, 2.45) is 0 Å². The van der Waals surface area contributed by atoms with Crippen LogP contribution < -0.4 is 10.1 Å². The Morgan fingerprint density at radius 2 is 1.83 bits per heavy atom. The fraction of sp³-hybridized carbons (Fsp3) is 0.250. The number of fused-ring (bicyclic) bond motifs is 1. The summed E-state index contributed by atoms with van der Waals surface area (Å²) >= 11 is 0. The minimum absolute atomic E-state index is 0.0320. The number of nitrogens with one attached hydrogen (secondary N) is 1. The van der Waals surface area contributed by atoms with Crippen molar-refractivity contribution >= 4 is 23.2 Å². The molecule has 0 aromatic heterocycles. The van der Waals surface area contributed by atoms with Gasteiger partial charge >= 0.3 is 0 Å². The molecular formula is C20H21NO2. The zero-order chi connectivity index (χ0) is 16.6. The summed E-state index contributed by atoms with van der Waals surface area (Å²) in [5, 5.41) is 2.90. The van der Waals surface area contributed by atoms with Crippen LogP contribution in [-0.4, -0.2) is 13.0 Å². The number of ether oxygens (including phenoxy) is 1. The van der Waals surface area contributed by atoms with Gasteiger partial charge in [0, 0.05) is 22.4 Å². The number of amides is 1. The summed E-state index contributed by atoms with van der Waals surface area (Å²) < 4.78 is 5.47. The Labute approximate surface area is 137 Å². The summed E-state index contributed by atoms with van der Waals surface area (Å²) in [6, 6.07) is 13.8. The van der Waals surface area contributed by atoms with Crippen molar-refractivity contribution in [3.05, 3.63) is 59.2 Å². The summed E-state index contributed by atoms with van der Waals surface area (Å²) in [5.74, 6) is 0.815. The van der Waals surface area contributed by atoms with Crippen molar-refractivity contribution in [1.29, 1.82) is 0 Å². The van der Waals surface area contributed by atoms with E-state index in [1.807, 2.05) is 42.5 Å². The van der Waals surface area contributed by atoms with E-state index in [-0.39, 0.29) is 11.3 Å². The van der Waals surface area contributed by atoms with Gasteiger partial charge in [0.15, 0.2) is 0 Å². The second kappa shape index (κ2) is 5.58. The lowest BCUT2D eigenvalue weighted by Gasteiger charge is -2.22. The predicted molar refractivity (Wildman–Crippen MR) is 94.6 cm³/mol.